The molecule has 0 radical (unpaired) electrons. The topological polar surface area (TPSA) is 63.1 Å². The Morgan fingerprint density at radius 1 is 1.19 bits per heavy atom. The first-order valence-electron chi connectivity index (χ1n) is 8.76. The summed E-state index contributed by atoms with van der Waals surface area (Å²) in [5, 5.41) is 7.69. The van der Waals surface area contributed by atoms with Gasteiger partial charge in [0.1, 0.15) is 12.7 Å². The first kappa shape index (κ1) is 16.3. The monoisotopic (exact) mass is 347 g/mol. The number of nitrogens with one attached hydrogen (secondary N) is 1. The zero-order valence-electron chi connectivity index (χ0n) is 14.8. The fourth-order valence-corrected chi connectivity index (χ4v) is 3.22. The summed E-state index contributed by atoms with van der Waals surface area (Å²) < 4.78 is 1.65. The van der Waals surface area contributed by atoms with Crippen LogP contribution in [0.4, 0.5) is 11.4 Å². The number of rotatable bonds is 3. The third kappa shape index (κ3) is 2.94. The van der Waals surface area contributed by atoms with E-state index in [1.54, 1.807) is 11.0 Å². The van der Waals surface area contributed by atoms with Gasteiger partial charge in [0, 0.05) is 18.2 Å². The maximum atomic E-state index is 13.3. The van der Waals surface area contributed by atoms with Gasteiger partial charge < -0.3 is 10.2 Å². The van der Waals surface area contributed by atoms with Gasteiger partial charge in [-0.15, -0.1) is 0 Å². The zero-order chi connectivity index (χ0) is 18.1. The van der Waals surface area contributed by atoms with Gasteiger partial charge in [-0.25, -0.2) is 9.67 Å². The molecule has 0 bridgehead atoms. The van der Waals surface area contributed by atoms with Crippen molar-refractivity contribution in [3.05, 3.63) is 66.7 Å². The van der Waals surface area contributed by atoms with Crippen molar-refractivity contribution in [2.24, 2.45) is 5.92 Å². The zero-order valence-corrected chi connectivity index (χ0v) is 14.8. The van der Waals surface area contributed by atoms with Crippen molar-refractivity contribution in [1.82, 2.24) is 14.8 Å². The second-order valence-corrected chi connectivity index (χ2v) is 6.82. The lowest BCUT2D eigenvalue weighted by Gasteiger charge is -2.37. The Labute approximate surface area is 152 Å². The largest absolute Gasteiger partial charge is 0.379 e. The van der Waals surface area contributed by atoms with E-state index < -0.39 is 0 Å². The Balaban J connectivity index is 1.70. The van der Waals surface area contributed by atoms with Gasteiger partial charge in [0.2, 0.25) is 0 Å². The van der Waals surface area contributed by atoms with Crippen LogP contribution in [0.2, 0.25) is 0 Å². The minimum Gasteiger partial charge on any atom is -0.379 e. The van der Waals surface area contributed by atoms with Crippen LogP contribution < -0.4 is 10.2 Å². The molecule has 2 heterocycles. The fraction of sp³-hybridized carbons (Fsp3) is 0.250. The summed E-state index contributed by atoms with van der Waals surface area (Å²) in [6, 6.07) is 15.7. The second-order valence-electron chi connectivity index (χ2n) is 6.82. The summed E-state index contributed by atoms with van der Waals surface area (Å²) in [5.74, 6) is 0.409. The van der Waals surface area contributed by atoms with Crippen LogP contribution in [0.15, 0.2) is 61.2 Å². The van der Waals surface area contributed by atoms with Crippen molar-refractivity contribution in [3.63, 3.8) is 0 Å². The molecule has 1 aliphatic heterocycles. The van der Waals surface area contributed by atoms with Crippen LogP contribution in [0, 0.1) is 5.92 Å². The van der Waals surface area contributed by atoms with E-state index >= 15 is 0 Å². The van der Waals surface area contributed by atoms with Gasteiger partial charge >= 0.3 is 0 Å². The van der Waals surface area contributed by atoms with Crippen molar-refractivity contribution in [2.75, 3.05) is 16.8 Å². The first-order valence-corrected chi connectivity index (χ1v) is 8.76. The molecule has 132 valence electrons. The van der Waals surface area contributed by atoms with E-state index in [0.29, 0.717) is 18.0 Å². The van der Waals surface area contributed by atoms with Crippen molar-refractivity contribution in [1.29, 1.82) is 0 Å². The lowest BCUT2D eigenvalue weighted by Crippen LogP contribution is -2.47. The summed E-state index contributed by atoms with van der Waals surface area (Å²) in [7, 11) is 0. The van der Waals surface area contributed by atoms with E-state index in [1.165, 1.54) is 6.33 Å². The first-order chi connectivity index (χ1) is 12.6. The molecular weight excluding hydrogens is 326 g/mol. The maximum Gasteiger partial charge on any atom is 0.258 e. The van der Waals surface area contributed by atoms with E-state index in [2.05, 4.69) is 29.2 Å². The lowest BCUT2D eigenvalue weighted by molar-refractivity contribution is 0.0983. The van der Waals surface area contributed by atoms with Gasteiger partial charge in [-0.3, -0.25) is 4.79 Å². The number of aromatic nitrogens is 3. The number of hydrogen-bond acceptors (Lipinski definition) is 4. The van der Waals surface area contributed by atoms with Crippen LogP contribution in [0.25, 0.3) is 5.69 Å². The Morgan fingerprint density at radius 2 is 2.04 bits per heavy atom. The number of para-hydroxylation sites is 2. The Bertz CT molecular complexity index is 919. The van der Waals surface area contributed by atoms with Crippen LogP contribution in [0.1, 0.15) is 24.2 Å². The molecule has 1 aromatic heterocycles. The number of hydrogen-bond donors (Lipinski definition) is 1. The maximum absolute atomic E-state index is 13.3. The minimum absolute atomic E-state index is 0.00781. The number of amides is 1. The van der Waals surface area contributed by atoms with Crippen molar-refractivity contribution in [2.45, 2.75) is 19.9 Å². The van der Waals surface area contributed by atoms with Gasteiger partial charge in [0.25, 0.3) is 5.91 Å². The lowest BCUT2D eigenvalue weighted by atomic mass is 9.99. The van der Waals surface area contributed by atoms with Crippen LogP contribution in [-0.4, -0.2) is 33.3 Å². The highest BCUT2D eigenvalue weighted by Crippen LogP contribution is 2.33. The minimum atomic E-state index is -0.00781. The molecule has 1 unspecified atom stereocenters. The van der Waals surface area contributed by atoms with Gasteiger partial charge in [-0.1, -0.05) is 32.0 Å². The predicted octanol–water partition coefficient (Wildman–Crippen LogP) is 3.36. The van der Waals surface area contributed by atoms with Crippen LogP contribution in [0.5, 0.6) is 0 Å². The van der Waals surface area contributed by atoms with Gasteiger partial charge in [-0.2, -0.15) is 5.10 Å². The molecule has 0 aliphatic carbocycles. The fourth-order valence-electron chi connectivity index (χ4n) is 3.22. The highest BCUT2D eigenvalue weighted by molar-refractivity contribution is 6.08. The number of benzene rings is 2. The molecule has 0 saturated heterocycles. The molecule has 1 aliphatic rings. The van der Waals surface area contributed by atoms with Crippen LogP contribution in [-0.2, 0) is 0 Å². The van der Waals surface area contributed by atoms with E-state index in [-0.39, 0.29) is 11.9 Å². The predicted molar refractivity (Wildman–Crippen MR) is 102 cm³/mol. The Kier molecular flexibility index (Phi) is 4.16. The van der Waals surface area contributed by atoms with Crippen molar-refractivity contribution >= 4 is 17.3 Å². The SMILES string of the molecule is CC(C)C1CN(C(=O)c2cccc(-n3cncn3)c2)c2ccccc2N1. The molecule has 0 fully saturated rings. The molecule has 1 N–H and O–H groups in total. The summed E-state index contributed by atoms with van der Waals surface area (Å²) in [4.78, 5) is 19.1. The standard InChI is InChI=1S/C20H21N5O/c1-14(2)18-11-24(19-9-4-3-8-17(19)23-18)20(26)15-6-5-7-16(10-15)25-13-21-12-22-25/h3-10,12-14,18,23H,11H2,1-2H3. The van der Waals surface area contributed by atoms with Crippen molar-refractivity contribution < 1.29 is 4.79 Å². The normalized spacial score (nSPS) is 16.3. The highest BCUT2D eigenvalue weighted by atomic mass is 16.2. The molecular formula is C20H21N5O. The van der Waals surface area contributed by atoms with E-state index in [1.807, 2.05) is 53.4 Å². The third-order valence-corrected chi connectivity index (χ3v) is 4.74. The van der Waals surface area contributed by atoms with E-state index in [0.717, 1.165) is 17.1 Å². The number of carbonyl (C=O) groups excluding carboxylic acids is 1. The number of nitrogens with zero attached hydrogens (tertiary/aromatic N) is 4. The summed E-state index contributed by atoms with van der Waals surface area (Å²) >= 11 is 0. The summed E-state index contributed by atoms with van der Waals surface area (Å²) in [6.45, 7) is 4.97. The van der Waals surface area contributed by atoms with Crippen molar-refractivity contribution in [3.8, 4) is 5.69 Å². The van der Waals surface area contributed by atoms with Crippen LogP contribution >= 0.6 is 0 Å². The second kappa shape index (κ2) is 6.63. The molecule has 0 spiro atoms. The summed E-state index contributed by atoms with van der Waals surface area (Å²) in [5.41, 5.74) is 3.37. The molecule has 4 rings (SSSR count). The van der Waals surface area contributed by atoms with Gasteiger partial charge in [0.15, 0.2) is 0 Å². The molecule has 0 saturated carbocycles. The number of fused-ring (bicyclic) bond motifs is 1. The van der Waals surface area contributed by atoms with Gasteiger partial charge in [0.05, 0.1) is 17.1 Å². The molecule has 26 heavy (non-hydrogen) atoms. The summed E-state index contributed by atoms with van der Waals surface area (Å²) in [6.07, 6.45) is 3.10. The van der Waals surface area contributed by atoms with E-state index in [4.69, 9.17) is 0 Å². The quantitative estimate of drug-likeness (QED) is 0.789. The molecule has 6 heteroatoms. The Hall–Kier alpha value is -3.15. The smallest absolute Gasteiger partial charge is 0.258 e. The molecule has 6 nitrogen and oxygen atoms in total. The van der Waals surface area contributed by atoms with Gasteiger partial charge in [-0.05, 0) is 36.2 Å². The molecule has 1 amide bonds. The third-order valence-electron chi connectivity index (χ3n) is 4.74. The highest BCUT2D eigenvalue weighted by Gasteiger charge is 2.30. The Morgan fingerprint density at radius 3 is 2.81 bits per heavy atom. The number of anilines is 2. The molecule has 3 aromatic rings. The molecule has 1 atom stereocenters. The van der Waals surface area contributed by atoms with E-state index in [9.17, 15) is 4.79 Å². The average Bonchev–Trinajstić information content (AvgIpc) is 3.21. The molecule has 2 aromatic carbocycles. The van der Waals surface area contributed by atoms with Crippen LogP contribution in [0.3, 0.4) is 0 Å². The average molecular weight is 347 g/mol. The number of carbonyl (C=O) groups is 1.